The van der Waals surface area contributed by atoms with Crippen molar-refractivity contribution in [1.82, 2.24) is 15.1 Å². The van der Waals surface area contributed by atoms with Gasteiger partial charge in [0.2, 0.25) is 0 Å². The number of hydrogen-bond acceptors (Lipinski definition) is 3. The Morgan fingerprint density at radius 1 is 1.40 bits per heavy atom. The Balaban J connectivity index is 1.65. The van der Waals surface area contributed by atoms with Crippen LogP contribution in [0.5, 0.6) is 0 Å². The van der Waals surface area contributed by atoms with Gasteiger partial charge in [0.05, 0.1) is 5.69 Å². The Labute approximate surface area is 125 Å². The first kappa shape index (κ1) is 13.8. The van der Waals surface area contributed by atoms with E-state index in [1.807, 2.05) is 23.1 Å². The summed E-state index contributed by atoms with van der Waals surface area (Å²) in [7, 11) is 1.98. The van der Waals surface area contributed by atoms with Crippen LogP contribution in [0.3, 0.4) is 0 Å². The lowest BCUT2D eigenvalue weighted by Crippen LogP contribution is -2.17. The molecule has 1 aliphatic carbocycles. The third kappa shape index (κ3) is 2.81. The number of rotatable bonds is 4. The molecule has 0 aromatic carbocycles. The maximum absolute atomic E-state index is 4.39. The molecule has 0 saturated carbocycles. The second-order valence-electron chi connectivity index (χ2n) is 5.82. The minimum atomic E-state index is 0.421. The average molecular weight is 289 g/mol. The van der Waals surface area contributed by atoms with E-state index in [4.69, 9.17) is 0 Å². The quantitative estimate of drug-likeness (QED) is 0.933. The second kappa shape index (κ2) is 5.70. The lowest BCUT2D eigenvalue weighted by Gasteiger charge is -2.11. The summed E-state index contributed by atoms with van der Waals surface area (Å²) in [5.41, 5.74) is 4.01. The van der Waals surface area contributed by atoms with Gasteiger partial charge >= 0.3 is 0 Å². The molecule has 0 radical (unpaired) electrons. The maximum atomic E-state index is 4.39. The fourth-order valence-corrected chi connectivity index (χ4v) is 4.20. The van der Waals surface area contributed by atoms with Crippen LogP contribution < -0.4 is 5.32 Å². The zero-order chi connectivity index (χ0) is 14.1. The topological polar surface area (TPSA) is 29.9 Å². The summed E-state index contributed by atoms with van der Waals surface area (Å²) in [6.45, 7) is 5.23. The Morgan fingerprint density at radius 3 is 2.90 bits per heavy atom. The molecule has 1 N–H and O–H groups in total. The Bertz CT molecular complexity index is 573. The first-order chi connectivity index (χ1) is 9.63. The van der Waals surface area contributed by atoms with E-state index in [0.717, 1.165) is 12.2 Å². The summed E-state index contributed by atoms with van der Waals surface area (Å²) < 4.78 is 1.89. The smallest absolute Gasteiger partial charge is 0.0638 e. The zero-order valence-electron chi connectivity index (χ0n) is 12.6. The highest BCUT2D eigenvalue weighted by Crippen LogP contribution is 2.32. The van der Waals surface area contributed by atoms with Crippen LogP contribution in [0, 0.1) is 6.92 Å². The molecule has 108 valence electrons. The number of aryl methyl sites for hydroxylation is 4. The van der Waals surface area contributed by atoms with Gasteiger partial charge in [-0.15, -0.1) is 11.3 Å². The molecular weight excluding hydrogens is 266 g/mol. The molecule has 3 nitrogen and oxygen atoms in total. The van der Waals surface area contributed by atoms with E-state index in [1.54, 1.807) is 10.4 Å². The van der Waals surface area contributed by atoms with E-state index in [1.165, 1.54) is 36.1 Å². The van der Waals surface area contributed by atoms with Crippen molar-refractivity contribution in [3.8, 4) is 0 Å². The highest BCUT2D eigenvalue weighted by Gasteiger charge is 2.16. The standard InChI is InChI=1S/C16H23N3S/c1-11-14(10-19(3)18-11)9-17-12(2)16-8-13-6-4-5-7-15(13)20-16/h8,10,12,17H,4-7,9H2,1-3H3. The minimum absolute atomic E-state index is 0.421. The van der Waals surface area contributed by atoms with Gasteiger partial charge in [-0.25, -0.2) is 0 Å². The SMILES string of the molecule is Cc1nn(C)cc1CNC(C)c1cc2c(s1)CCCC2. The Kier molecular flexibility index (Phi) is 3.94. The van der Waals surface area contributed by atoms with Gasteiger partial charge in [0, 0.05) is 41.1 Å². The molecule has 0 spiro atoms. The van der Waals surface area contributed by atoms with E-state index in [-0.39, 0.29) is 0 Å². The molecule has 1 aliphatic rings. The number of nitrogens with one attached hydrogen (secondary N) is 1. The molecule has 0 aliphatic heterocycles. The number of aromatic nitrogens is 2. The van der Waals surface area contributed by atoms with Gasteiger partial charge in [0.25, 0.3) is 0 Å². The van der Waals surface area contributed by atoms with Crippen LogP contribution >= 0.6 is 11.3 Å². The lowest BCUT2D eigenvalue weighted by molar-refractivity contribution is 0.581. The Hall–Kier alpha value is -1.13. The molecule has 20 heavy (non-hydrogen) atoms. The summed E-state index contributed by atoms with van der Waals surface area (Å²) in [6.07, 6.45) is 7.40. The van der Waals surface area contributed by atoms with Gasteiger partial charge in [-0.1, -0.05) is 0 Å². The Morgan fingerprint density at radius 2 is 2.20 bits per heavy atom. The van der Waals surface area contributed by atoms with Crippen LogP contribution in [0.15, 0.2) is 12.3 Å². The molecule has 0 saturated heterocycles. The summed E-state index contributed by atoms with van der Waals surface area (Å²) in [4.78, 5) is 3.11. The summed E-state index contributed by atoms with van der Waals surface area (Å²) in [5, 5.41) is 8.03. The van der Waals surface area contributed by atoms with E-state index in [0.29, 0.717) is 6.04 Å². The fraction of sp³-hybridized carbons (Fsp3) is 0.562. The van der Waals surface area contributed by atoms with E-state index >= 15 is 0 Å². The highest BCUT2D eigenvalue weighted by atomic mass is 32.1. The molecule has 2 aromatic heterocycles. The molecule has 0 bridgehead atoms. The molecule has 0 fully saturated rings. The second-order valence-corrected chi connectivity index (χ2v) is 6.99. The van der Waals surface area contributed by atoms with Gasteiger partial charge in [0.1, 0.15) is 0 Å². The van der Waals surface area contributed by atoms with Gasteiger partial charge in [-0.2, -0.15) is 5.10 Å². The van der Waals surface area contributed by atoms with E-state index in [2.05, 4.69) is 36.5 Å². The molecule has 0 amide bonds. The molecular formula is C16H23N3S. The van der Waals surface area contributed by atoms with Gasteiger partial charge in [-0.05, 0) is 51.2 Å². The van der Waals surface area contributed by atoms with Crippen molar-refractivity contribution in [2.24, 2.45) is 7.05 Å². The zero-order valence-corrected chi connectivity index (χ0v) is 13.4. The number of hydrogen-bond donors (Lipinski definition) is 1. The van der Waals surface area contributed by atoms with Crippen molar-refractivity contribution in [1.29, 1.82) is 0 Å². The van der Waals surface area contributed by atoms with Crippen molar-refractivity contribution < 1.29 is 0 Å². The third-order valence-corrected chi connectivity index (χ3v) is 5.58. The molecule has 4 heteroatoms. The van der Waals surface area contributed by atoms with Crippen molar-refractivity contribution in [2.45, 2.75) is 52.1 Å². The minimum Gasteiger partial charge on any atom is -0.305 e. The van der Waals surface area contributed by atoms with Crippen LogP contribution in [-0.2, 0) is 26.4 Å². The number of nitrogens with zero attached hydrogens (tertiary/aromatic N) is 2. The van der Waals surface area contributed by atoms with Crippen LogP contribution in [0.4, 0.5) is 0 Å². The largest absolute Gasteiger partial charge is 0.305 e. The van der Waals surface area contributed by atoms with E-state index in [9.17, 15) is 0 Å². The molecule has 1 unspecified atom stereocenters. The average Bonchev–Trinajstić information content (AvgIpc) is 2.99. The highest BCUT2D eigenvalue weighted by molar-refractivity contribution is 7.12. The van der Waals surface area contributed by atoms with Crippen LogP contribution in [-0.4, -0.2) is 9.78 Å². The predicted molar refractivity (Wildman–Crippen MR) is 84.2 cm³/mol. The van der Waals surface area contributed by atoms with Crippen molar-refractivity contribution >= 4 is 11.3 Å². The van der Waals surface area contributed by atoms with Gasteiger partial charge in [0.15, 0.2) is 0 Å². The molecule has 3 rings (SSSR count). The maximum Gasteiger partial charge on any atom is 0.0638 e. The van der Waals surface area contributed by atoms with Gasteiger partial charge < -0.3 is 5.32 Å². The first-order valence-corrected chi connectivity index (χ1v) is 8.29. The number of fused-ring (bicyclic) bond motifs is 1. The van der Waals surface area contributed by atoms with Crippen LogP contribution in [0.25, 0.3) is 0 Å². The molecule has 2 heterocycles. The van der Waals surface area contributed by atoms with E-state index < -0.39 is 0 Å². The van der Waals surface area contributed by atoms with Crippen molar-refractivity contribution in [2.75, 3.05) is 0 Å². The summed E-state index contributed by atoms with van der Waals surface area (Å²) in [5.74, 6) is 0. The van der Waals surface area contributed by atoms with Gasteiger partial charge in [-0.3, -0.25) is 4.68 Å². The summed E-state index contributed by atoms with van der Waals surface area (Å²) in [6, 6.07) is 2.85. The van der Waals surface area contributed by atoms with Crippen molar-refractivity contribution in [3.63, 3.8) is 0 Å². The normalized spacial score (nSPS) is 16.1. The van der Waals surface area contributed by atoms with Crippen LogP contribution in [0.1, 0.15) is 52.4 Å². The first-order valence-electron chi connectivity index (χ1n) is 7.47. The third-order valence-electron chi connectivity index (χ3n) is 4.16. The monoisotopic (exact) mass is 289 g/mol. The van der Waals surface area contributed by atoms with Crippen LogP contribution in [0.2, 0.25) is 0 Å². The molecule has 2 aromatic rings. The summed E-state index contributed by atoms with van der Waals surface area (Å²) >= 11 is 2.00. The fourth-order valence-electron chi connectivity index (χ4n) is 2.91. The molecule has 1 atom stereocenters. The lowest BCUT2D eigenvalue weighted by atomic mass is 9.99. The number of thiophene rings is 1. The van der Waals surface area contributed by atoms with Crippen molar-refractivity contribution in [3.05, 3.63) is 38.8 Å². The predicted octanol–water partition coefficient (Wildman–Crippen LogP) is 3.52.